The van der Waals surface area contributed by atoms with Gasteiger partial charge in [0.05, 0.1) is 19.1 Å². The maximum Gasteiger partial charge on any atom is 0.459 e. The molecule has 1 saturated heterocycles. The molecule has 1 unspecified atom stereocenters. The van der Waals surface area contributed by atoms with Gasteiger partial charge in [0.25, 0.3) is 6.43 Å². The number of halogens is 3. The Morgan fingerprint density at radius 1 is 1.16 bits per heavy atom. The van der Waals surface area contributed by atoms with E-state index >= 15 is 0 Å². The first-order valence-electron chi connectivity index (χ1n) is 13.1. The Morgan fingerprint density at radius 3 is 2.49 bits per heavy atom. The highest BCUT2D eigenvalue weighted by atomic mass is 31.2. The van der Waals surface area contributed by atoms with Crippen LogP contribution < -0.4 is 9.61 Å². The Hall–Kier alpha value is -3.33. The Balaban J connectivity index is 1.63. The number of esters is 1. The zero-order chi connectivity index (χ0) is 31.7. The number of ether oxygens (including phenoxy) is 2. The summed E-state index contributed by atoms with van der Waals surface area (Å²) in [4.78, 5) is 36.7. The minimum Gasteiger partial charge on any atom is -0.462 e. The van der Waals surface area contributed by atoms with Crippen LogP contribution in [-0.4, -0.2) is 82.0 Å². The van der Waals surface area contributed by atoms with Crippen molar-refractivity contribution in [2.24, 2.45) is 0 Å². The Morgan fingerprint density at radius 2 is 1.84 bits per heavy atom. The molecule has 3 N–H and O–H groups in total. The average Bonchev–Trinajstić information content (AvgIpc) is 3.19. The molecule has 2 heterocycles. The van der Waals surface area contributed by atoms with E-state index in [0.717, 1.165) is 5.39 Å². The van der Waals surface area contributed by atoms with Gasteiger partial charge in [0, 0.05) is 6.20 Å². The molecule has 12 nitrogen and oxygen atoms in total. The van der Waals surface area contributed by atoms with E-state index in [1.165, 1.54) is 19.1 Å². The molecule has 2 aliphatic rings. The van der Waals surface area contributed by atoms with Crippen LogP contribution >= 0.6 is 7.75 Å². The number of aliphatic hydroxyl groups is 2. The fourth-order valence-corrected chi connectivity index (χ4v) is 5.97. The minimum atomic E-state index is -4.79. The van der Waals surface area contributed by atoms with Gasteiger partial charge >= 0.3 is 13.7 Å². The van der Waals surface area contributed by atoms with E-state index in [-0.39, 0.29) is 5.75 Å². The van der Waals surface area contributed by atoms with Crippen molar-refractivity contribution in [1.82, 2.24) is 9.99 Å². The smallest absolute Gasteiger partial charge is 0.459 e. The maximum atomic E-state index is 14.6. The maximum absolute atomic E-state index is 14.6. The number of nitrogens with one attached hydrogen (secondary N) is 1. The van der Waals surface area contributed by atoms with Gasteiger partial charge in [0.2, 0.25) is 11.7 Å². The fourth-order valence-electron chi connectivity index (χ4n) is 4.45. The lowest BCUT2D eigenvalue weighted by atomic mass is 9.96. The van der Waals surface area contributed by atoms with Crippen molar-refractivity contribution in [3.63, 3.8) is 0 Å². The minimum absolute atomic E-state index is 0.0416. The number of fused-ring (bicyclic) bond motifs is 1. The quantitative estimate of drug-likeness (QED) is 0.190. The second-order valence-electron chi connectivity index (χ2n) is 10.3. The van der Waals surface area contributed by atoms with Crippen LogP contribution in [0.2, 0.25) is 0 Å². The van der Waals surface area contributed by atoms with Gasteiger partial charge in [0.15, 0.2) is 17.7 Å². The lowest BCUT2D eigenvalue weighted by Gasteiger charge is -2.33. The molecule has 0 aromatic heterocycles. The second-order valence-corrected chi connectivity index (χ2v) is 12.0. The molecule has 43 heavy (non-hydrogen) atoms. The Labute approximate surface area is 243 Å². The highest BCUT2D eigenvalue weighted by Crippen LogP contribution is 2.49. The number of hydrogen-bond acceptors (Lipinski definition) is 10. The van der Waals surface area contributed by atoms with Crippen molar-refractivity contribution in [1.29, 1.82) is 0 Å². The molecule has 2 aromatic carbocycles. The first-order valence-corrected chi connectivity index (χ1v) is 14.6. The molecular weight excluding hydrogens is 600 g/mol. The van der Waals surface area contributed by atoms with E-state index in [0.29, 0.717) is 16.5 Å². The molecule has 0 saturated carbocycles. The summed E-state index contributed by atoms with van der Waals surface area (Å²) in [7, 11) is -4.79. The number of aliphatic hydroxyl groups excluding tert-OH is 2. The third-order valence-electron chi connectivity index (χ3n) is 6.68. The van der Waals surface area contributed by atoms with Crippen LogP contribution in [0.25, 0.3) is 10.8 Å². The Bertz CT molecular complexity index is 1470. The van der Waals surface area contributed by atoms with Crippen LogP contribution in [0, 0.1) is 0 Å². The van der Waals surface area contributed by atoms with Crippen LogP contribution in [0.1, 0.15) is 27.2 Å². The molecule has 16 heteroatoms. The number of ketones is 1. The number of rotatable bonds is 11. The van der Waals surface area contributed by atoms with Gasteiger partial charge in [0.1, 0.15) is 24.0 Å². The number of hydrogen-bond donors (Lipinski definition) is 3. The number of carbonyl (C=O) groups excluding carboxylic acids is 3. The van der Waals surface area contributed by atoms with Crippen LogP contribution in [0.4, 0.5) is 13.2 Å². The van der Waals surface area contributed by atoms with Gasteiger partial charge in [-0.05, 0) is 43.7 Å². The van der Waals surface area contributed by atoms with Gasteiger partial charge in [-0.25, -0.2) is 17.7 Å². The number of benzene rings is 2. The molecule has 1 amide bonds. The van der Waals surface area contributed by atoms with Crippen molar-refractivity contribution in [2.45, 2.75) is 69.8 Å². The number of alkyl halides is 2. The van der Waals surface area contributed by atoms with Crippen molar-refractivity contribution in [2.75, 3.05) is 6.61 Å². The first kappa shape index (κ1) is 32.6. The molecule has 0 bridgehead atoms. The molecular formula is C27H30F3N2O10P. The number of amides is 1. The lowest BCUT2D eigenvalue weighted by Crippen LogP contribution is -2.53. The van der Waals surface area contributed by atoms with Crippen LogP contribution in [-0.2, 0) is 32.9 Å². The predicted molar refractivity (Wildman–Crippen MR) is 143 cm³/mol. The topological polar surface area (TPSA) is 161 Å². The monoisotopic (exact) mass is 630 g/mol. The average molecular weight is 631 g/mol. The summed E-state index contributed by atoms with van der Waals surface area (Å²) in [6, 6.07) is 10.2. The molecule has 234 valence electrons. The van der Waals surface area contributed by atoms with Crippen molar-refractivity contribution >= 4 is 36.2 Å². The second kappa shape index (κ2) is 12.7. The SMILES string of the molecule is CC(C)OC(=O)[C@H](C)NP(=O)(OC[C@@]1(C(F)F)O[C@@H](N2C=C(F)C(=O)CC2=O)[C@@H](O)[C@@H]1O)Oc1ccc2ccccc2c1. The molecule has 0 aliphatic carbocycles. The summed E-state index contributed by atoms with van der Waals surface area (Å²) in [5, 5.41) is 25.0. The zero-order valence-electron chi connectivity index (χ0n) is 23.2. The normalized spacial score (nSPS) is 26.5. The van der Waals surface area contributed by atoms with Crippen molar-refractivity contribution in [3.05, 3.63) is 54.5 Å². The molecule has 6 atom stereocenters. The van der Waals surface area contributed by atoms with Crippen molar-refractivity contribution in [3.8, 4) is 5.75 Å². The van der Waals surface area contributed by atoms with E-state index in [1.54, 1.807) is 44.2 Å². The molecule has 1 fully saturated rings. The van der Waals surface area contributed by atoms with Gasteiger partial charge in [-0.15, -0.1) is 0 Å². The van der Waals surface area contributed by atoms with Gasteiger partial charge < -0.3 is 24.2 Å². The van der Waals surface area contributed by atoms with E-state index < -0.39 is 86.9 Å². The highest BCUT2D eigenvalue weighted by Gasteiger charge is 2.63. The lowest BCUT2D eigenvalue weighted by molar-refractivity contribution is -0.200. The van der Waals surface area contributed by atoms with Crippen LogP contribution in [0.15, 0.2) is 54.5 Å². The molecule has 2 aromatic rings. The van der Waals surface area contributed by atoms with Gasteiger partial charge in [-0.2, -0.15) is 5.09 Å². The predicted octanol–water partition coefficient (Wildman–Crippen LogP) is 2.97. The largest absolute Gasteiger partial charge is 0.462 e. The van der Waals surface area contributed by atoms with Crippen molar-refractivity contribution < 1.29 is 60.9 Å². The molecule has 0 radical (unpaired) electrons. The third-order valence-corrected chi connectivity index (χ3v) is 8.31. The van der Waals surface area contributed by atoms with Crippen LogP contribution in [0.5, 0.6) is 5.75 Å². The first-order chi connectivity index (χ1) is 20.2. The summed E-state index contributed by atoms with van der Waals surface area (Å²) in [6.45, 7) is 3.00. The fraction of sp³-hybridized carbons (Fsp3) is 0.444. The third kappa shape index (κ3) is 6.92. The summed E-state index contributed by atoms with van der Waals surface area (Å²) in [5.74, 6) is -4.56. The van der Waals surface area contributed by atoms with E-state index in [4.69, 9.17) is 18.5 Å². The molecule has 4 rings (SSSR count). The zero-order valence-corrected chi connectivity index (χ0v) is 24.1. The number of carbonyl (C=O) groups is 3. The van der Waals surface area contributed by atoms with E-state index in [9.17, 15) is 42.3 Å². The van der Waals surface area contributed by atoms with E-state index in [1.807, 2.05) is 0 Å². The summed E-state index contributed by atoms with van der Waals surface area (Å²) >= 11 is 0. The van der Waals surface area contributed by atoms with Gasteiger partial charge in [-0.1, -0.05) is 30.3 Å². The number of Topliss-reactive ketones (excluding diaryl/α,β-unsaturated/α-hetero) is 1. The van der Waals surface area contributed by atoms with Gasteiger partial charge in [-0.3, -0.25) is 23.8 Å². The highest BCUT2D eigenvalue weighted by molar-refractivity contribution is 7.52. The molecule has 0 spiro atoms. The van der Waals surface area contributed by atoms with E-state index in [2.05, 4.69) is 5.09 Å². The molecule has 2 aliphatic heterocycles. The summed E-state index contributed by atoms with van der Waals surface area (Å²) < 4.78 is 78.3. The summed E-state index contributed by atoms with van der Waals surface area (Å²) in [5.41, 5.74) is -3.12. The standard InChI is InChI=1S/C27H30F3N2O10P/c1-14(2)40-25(37)15(3)31-43(38,42-18-9-8-16-6-4-5-7-17(16)10-18)39-13-27(26(29)30)23(36)22(35)24(41-27)32-12-19(28)20(33)11-21(32)34/h4-10,12,14-15,22-24,26,35-36H,11,13H2,1-3H3,(H,31,38)/t15-,22-,23-,24+,27+,43?/m0/s1. The summed E-state index contributed by atoms with van der Waals surface area (Å²) in [6.07, 6.45) is -11.5. The number of nitrogens with zero attached hydrogens (tertiary/aromatic N) is 1. The Kier molecular flexibility index (Phi) is 9.64. The van der Waals surface area contributed by atoms with Crippen LogP contribution in [0.3, 0.4) is 0 Å². The number of allylic oxidation sites excluding steroid dienone is 1.